The predicted octanol–water partition coefficient (Wildman–Crippen LogP) is 4.06. The molecule has 3 aromatic rings. The van der Waals surface area contributed by atoms with Crippen molar-refractivity contribution in [2.45, 2.75) is 27.4 Å². The number of hydrogen-bond donors (Lipinski definition) is 1. The first-order chi connectivity index (χ1) is 15.3. The number of benzene rings is 2. The molecule has 32 heavy (non-hydrogen) atoms. The summed E-state index contributed by atoms with van der Waals surface area (Å²) in [5.74, 6) is -2.27. The van der Waals surface area contributed by atoms with E-state index in [1.807, 2.05) is 32.0 Å². The standard InChI is InChI=1S/C23H22FN3O4S/c1-14-8-9-18(10-15(14)2)27(16(3)28)23-26-17(13-32-23)12-31-21(29)11-25-22(30)19-6-4-5-7-20(19)24/h4-10,13H,11-12H2,1-3H3,(H,25,30). The number of ether oxygens (including phenoxy) is 1. The number of hydrogen-bond acceptors (Lipinski definition) is 6. The number of thiazole rings is 1. The molecule has 7 nitrogen and oxygen atoms in total. The van der Waals surface area contributed by atoms with Crippen LogP contribution in [0.25, 0.3) is 0 Å². The van der Waals surface area contributed by atoms with Gasteiger partial charge in [-0.15, -0.1) is 11.3 Å². The van der Waals surface area contributed by atoms with Gasteiger partial charge in [0.2, 0.25) is 5.91 Å². The van der Waals surface area contributed by atoms with Crippen LogP contribution in [-0.2, 0) is 20.9 Å². The molecule has 0 saturated heterocycles. The number of carbonyl (C=O) groups is 3. The SMILES string of the molecule is CC(=O)N(c1ccc(C)c(C)c1)c1nc(COC(=O)CNC(=O)c2ccccc2F)cs1. The molecule has 0 spiro atoms. The molecule has 166 valence electrons. The normalized spacial score (nSPS) is 10.5. The molecule has 0 aliphatic rings. The molecule has 0 aliphatic carbocycles. The number of amides is 2. The van der Waals surface area contributed by atoms with Crippen LogP contribution >= 0.6 is 11.3 Å². The highest BCUT2D eigenvalue weighted by molar-refractivity contribution is 7.14. The molecule has 2 aromatic carbocycles. The quantitative estimate of drug-likeness (QED) is 0.543. The Labute approximate surface area is 188 Å². The summed E-state index contributed by atoms with van der Waals surface area (Å²) in [4.78, 5) is 42.1. The van der Waals surface area contributed by atoms with E-state index in [-0.39, 0.29) is 18.1 Å². The second-order valence-corrected chi connectivity index (χ2v) is 7.90. The van der Waals surface area contributed by atoms with Gasteiger partial charge in [0.05, 0.1) is 16.9 Å². The number of anilines is 2. The van der Waals surface area contributed by atoms with Crippen molar-refractivity contribution in [2.24, 2.45) is 0 Å². The summed E-state index contributed by atoms with van der Waals surface area (Å²) in [5.41, 5.74) is 3.19. The van der Waals surface area contributed by atoms with Crippen molar-refractivity contribution in [3.63, 3.8) is 0 Å². The first-order valence-corrected chi connectivity index (χ1v) is 10.6. The van der Waals surface area contributed by atoms with E-state index < -0.39 is 24.2 Å². The summed E-state index contributed by atoms with van der Waals surface area (Å²) in [7, 11) is 0. The maximum atomic E-state index is 13.6. The summed E-state index contributed by atoms with van der Waals surface area (Å²) in [6, 6.07) is 11.2. The Balaban J connectivity index is 1.58. The minimum atomic E-state index is -0.707. The minimum absolute atomic E-state index is 0.121. The molecular weight excluding hydrogens is 433 g/mol. The molecule has 0 unspecified atom stereocenters. The van der Waals surface area contributed by atoms with E-state index in [0.717, 1.165) is 17.2 Å². The van der Waals surface area contributed by atoms with Crippen LogP contribution in [-0.4, -0.2) is 29.3 Å². The Morgan fingerprint density at radius 2 is 1.88 bits per heavy atom. The van der Waals surface area contributed by atoms with Crippen molar-refractivity contribution in [1.29, 1.82) is 0 Å². The van der Waals surface area contributed by atoms with E-state index in [9.17, 15) is 18.8 Å². The Hall–Kier alpha value is -3.59. The Kier molecular flexibility index (Phi) is 7.32. The maximum Gasteiger partial charge on any atom is 0.325 e. The summed E-state index contributed by atoms with van der Waals surface area (Å²) in [6.07, 6.45) is 0. The highest BCUT2D eigenvalue weighted by atomic mass is 32.1. The first kappa shape index (κ1) is 23.1. The molecule has 0 bridgehead atoms. The van der Waals surface area contributed by atoms with Crippen LogP contribution in [0.4, 0.5) is 15.2 Å². The third-order valence-corrected chi connectivity index (χ3v) is 5.56. The number of rotatable bonds is 7. The van der Waals surface area contributed by atoms with Crippen molar-refractivity contribution >= 4 is 39.9 Å². The molecule has 0 saturated carbocycles. The second-order valence-electron chi connectivity index (χ2n) is 7.07. The van der Waals surface area contributed by atoms with E-state index >= 15 is 0 Å². The molecule has 3 rings (SSSR count). The van der Waals surface area contributed by atoms with E-state index in [1.165, 1.54) is 41.4 Å². The Morgan fingerprint density at radius 3 is 2.56 bits per heavy atom. The van der Waals surface area contributed by atoms with Gasteiger partial charge in [-0.3, -0.25) is 19.3 Å². The van der Waals surface area contributed by atoms with Gasteiger partial charge in [0.15, 0.2) is 5.13 Å². The zero-order chi connectivity index (χ0) is 23.3. The average Bonchev–Trinajstić information content (AvgIpc) is 3.21. The van der Waals surface area contributed by atoms with Gasteiger partial charge in [-0.1, -0.05) is 18.2 Å². The van der Waals surface area contributed by atoms with Crippen LogP contribution in [0.1, 0.15) is 34.1 Å². The molecule has 1 heterocycles. The Bertz CT molecular complexity index is 1160. The largest absolute Gasteiger partial charge is 0.458 e. The maximum absolute atomic E-state index is 13.6. The topological polar surface area (TPSA) is 88.6 Å². The number of esters is 1. The van der Waals surface area contributed by atoms with Gasteiger partial charge in [0, 0.05) is 12.3 Å². The van der Waals surface area contributed by atoms with Crippen LogP contribution in [0.15, 0.2) is 47.8 Å². The molecule has 9 heteroatoms. The van der Waals surface area contributed by atoms with Gasteiger partial charge >= 0.3 is 5.97 Å². The number of carbonyl (C=O) groups excluding carboxylic acids is 3. The van der Waals surface area contributed by atoms with Gasteiger partial charge < -0.3 is 10.1 Å². The van der Waals surface area contributed by atoms with Gasteiger partial charge in [-0.2, -0.15) is 0 Å². The van der Waals surface area contributed by atoms with Gasteiger partial charge in [-0.05, 0) is 49.2 Å². The fraction of sp³-hybridized carbons (Fsp3) is 0.217. The third-order valence-electron chi connectivity index (χ3n) is 4.69. The molecule has 2 amide bonds. The lowest BCUT2D eigenvalue weighted by atomic mass is 10.1. The lowest BCUT2D eigenvalue weighted by molar-refractivity contribution is -0.143. The smallest absolute Gasteiger partial charge is 0.325 e. The summed E-state index contributed by atoms with van der Waals surface area (Å²) in [6.45, 7) is 4.88. The zero-order valence-electron chi connectivity index (χ0n) is 17.8. The van der Waals surface area contributed by atoms with E-state index in [2.05, 4.69) is 10.3 Å². The molecular formula is C23H22FN3O4S. The van der Waals surface area contributed by atoms with Crippen LogP contribution in [0.3, 0.4) is 0 Å². The van der Waals surface area contributed by atoms with Crippen LogP contribution < -0.4 is 10.2 Å². The van der Waals surface area contributed by atoms with Crippen molar-refractivity contribution in [3.05, 3.63) is 76.0 Å². The number of aryl methyl sites for hydroxylation is 2. The molecule has 1 N–H and O–H groups in total. The lowest BCUT2D eigenvalue weighted by Gasteiger charge is -2.19. The molecule has 0 radical (unpaired) electrons. The molecule has 0 atom stereocenters. The van der Waals surface area contributed by atoms with Crippen molar-refractivity contribution < 1.29 is 23.5 Å². The molecule has 0 fully saturated rings. The van der Waals surface area contributed by atoms with Crippen molar-refractivity contribution in [3.8, 4) is 0 Å². The summed E-state index contributed by atoms with van der Waals surface area (Å²) >= 11 is 1.25. The Morgan fingerprint density at radius 1 is 1.12 bits per heavy atom. The van der Waals surface area contributed by atoms with Gasteiger partial charge in [0.1, 0.15) is 19.0 Å². The van der Waals surface area contributed by atoms with E-state index in [0.29, 0.717) is 16.5 Å². The number of nitrogens with zero attached hydrogens (tertiary/aromatic N) is 2. The minimum Gasteiger partial charge on any atom is -0.458 e. The van der Waals surface area contributed by atoms with Crippen LogP contribution in [0.2, 0.25) is 0 Å². The van der Waals surface area contributed by atoms with Crippen molar-refractivity contribution in [2.75, 3.05) is 11.4 Å². The van der Waals surface area contributed by atoms with E-state index in [4.69, 9.17) is 4.74 Å². The van der Waals surface area contributed by atoms with Crippen molar-refractivity contribution in [1.82, 2.24) is 10.3 Å². The first-order valence-electron chi connectivity index (χ1n) is 9.77. The average molecular weight is 456 g/mol. The number of halogens is 1. The third kappa shape index (κ3) is 5.55. The predicted molar refractivity (Wildman–Crippen MR) is 119 cm³/mol. The highest BCUT2D eigenvalue weighted by Crippen LogP contribution is 2.30. The van der Waals surface area contributed by atoms with Crippen LogP contribution in [0, 0.1) is 19.7 Å². The fourth-order valence-corrected chi connectivity index (χ4v) is 3.73. The number of aromatic nitrogens is 1. The zero-order valence-corrected chi connectivity index (χ0v) is 18.7. The highest BCUT2D eigenvalue weighted by Gasteiger charge is 2.19. The fourth-order valence-electron chi connectivity index (χ4n) is 2.86. The molecule has 1 aromatic heterocycles. The van der Waals surface area contributed by atoms with Gasteiger partial charge in [0.25, 0.3) is 5.91 Å². The number of nitrogens with one attached hydrogen (secondary N) is 1. The monoisotopic (exact) mass is 455 g/mol. The summed E-state index contributed by atoms with van der Waals surface area (Å²) in [5, 5.41) is 4.47. The van der Waals surface area contributed by atoms with E-state index in [1.54, 1.807) is 5.38 Å². The lowest BCUT2D eigenvalue weighted by Crippen LogP contribution is -2.31. The van der Waals surface area contributed by atoms with Crippen LogP contribution in [0.5, 0.6) is 0 Å². The van der Waals surface area contributed by atoms with Gasteiger partial charge in [-0.25, -0.2) is 9.37 Å². The summed E-state index contributed by atoms with van der Waals surface area (Å²) < 4.78 is 18.7. The molecule has 0 aliphatic heterocycles. The second kappa shape index (κ2) is 10.1.